The summed E-state index contributed by atoms with van der Waals surface area (Å²) < 4.78 is 32.2. The molecule has 0 aliphatic carbocycles. The molecule has 1 atom stereocenters. The van der Waals surface area contributed by atoms with Gasteiger partial charge in [0.15, 0.2) is 0 Å². The molecule has 0 aliphatic heterocycles. The van der Waals surface area contributed by atoms with Gasteiger partial charge in [0, 0.05) is 17.7 Å². The Morgan fingerprint density at radius 2 is 2.05 bits per heavy atom. The monoisotopic (exact) mass is 293 g/mol. The molecule has 0 saturated heterocycles. The molecule has 1 aromatic heterocycles. The van der Waals surface area contributed by atoms with Gasteiger partial charge < -0.3 is 10.1 Å². The molecule has 1 unspecified atom stereocenters. The number of aromatic nitrogens is 2. The van der Waals surface area contributed by atoms with E-state index >= 15 is 0 Å². The van der Waals surface area contributed by atoms with Crippen molar-refractivity contribution in [2.24, 2.45) is 0 Å². The van der Waals surface area contributed by atoms with Crippen molar-refractivity contribution in [3.63, 3.8) is 0 Å². The van der Waals surface area contributed by atoms with Gasteiger partial charge in [0.25, 0.3) is 0 Å². The van der Waals surface area contributed by atoms with Crippen LogP contribution in [0.15, 0.2) is 30.6 Å². The first kappa shape index (κ1) is 15.3. The van der Waals surface area contributed by atoms with Gasteiger partial charge in [0.05, 0.1) is 18.8 Å². The van der Waals surface area contributed by atoms with Crippen molar-refractivity contribution >= 4 is 0 Å². The zero-order valence-corrected chi connectivity index (χ0v) is 11.9. The number of nitrogens with one attached hydrogen (secondary N) is 1. The highest BCUT2D eigenvalue weighted by molar-refractivity contribution is 5.31. The van der Waals surface area contributed by atoms with Gasteiger partial charge in [-0.15, -0.1) is 0 Å². The summed E-state index contributed by atoms with van der Waals surface area (Å²) in [6.07, 6.45) is 2.23. The van der Waals surface area contributed by atoms with Crippen LogP contribution < -0.4 is 10.1 Å². The van der Waals surface area contributed by atoms with Gasteiger partial charge >= 0.3 is 0 Å². The lowest BCUT2D eigenvalue weighted by atomic mass is 10.0. The van der Waals surface area contributed by atoms with Gasteiger partial charge in [-0.25, -0.2) is 18.7 Å². The summed E-state index contributed by atoms with van der Waals surface area (Å²) >= 11 is 0. The number of hydrogen-bond acceptors (Lipinski definition) is 4. The SMILES string of the molecule is CCCNC(c1cc(OC)ncn1)c1ccc(F)cc1F. The highest BCUT2D eigenvalue weighted by Gasteiger charge is 2.19. The van der Waals surface area contributed by atoms with Gasteiger partial charge in [-0.2, -0.15) is 0 Å². The van der Waals surface area contributed by atoms with E-state index < -0.39 is 17.7 Å². The number of rotatable bonds is 6. The summed E-state index contributed by atoms with van der Waals surface area (Å²) in [7, 11) is 1.50. The Kier molecular flexibility index (Phi) is 5.16. The number of benzene rings is 1. The van der Waals surface area contributed by atoms with Crippen molar-refractivity contribution in [2.75, 3.05) is 13.7 Å². The molecule has 2 rings (SSSR count). The first-order valence-corrected chi connectivity index (χ1v) is 6.70. The van der Waals surface area contributed by atoms with E-state index in [0.29, 0.717) is 23.7 Å². The minimum Gasteiger partial charge on any atom is -0.481 e. The number of ether oxygens (including phenoxy) is 1. The average molecular weight is 293 g/mol. The smallest absolute Gasteiger partial charge is 0.216 e. The zero-order chi connectivity index (χ0) is 15.2. The molecule has 0 saturated carbocycles. The summed E-state index contributed by atoms with van der Waals surface area (Å²) in [5.74, 6) is -0.822. The highest BCUT2D eigenvalue weighted by atomic mass is 19.1. The Labute approximate surface area is 122 Å². The fourth-order valence-corrected chi connectivity index (χ4v) is 2.02. The largest absolute Gasteiger partial charge is 0.481 e. The molecule has 1 aromatic carbocycles. The molecule has 0 fully saturated rings. The molecule has 1 N–H and O–H groups in total. The van der Waals surface area contributed by atoms with Crippen molar-refractivity contribution in [1.29, 1.82) is 0 Å². The molecule has 4 nitrogen and oxygen atoms in total. The Hall–Kier alpha value is -2.08. The molecule has 0 bridgehead atoms. The van der Waals surface area contributed by atoms with E-state index in [0.717, 1.165) is 12.5 Å². The molecular weight excluding hydrogens is 276 g/mol. The van der Waals surface area contributed by atoms with Crippen molar-refractivity contribution in [2.45, 2.75) is 19.4 Å². The van der Waals surface area contributed by atoms with E-state index in [1.54, 1.807) is 6.07 Å². The van der Waals surface area contributed by atoms with E-state index in [1.165, 1.54) is 25.6 Å². The van der Waals surface area contributed by atoms with Gasteiger partial charge in [-0.3, -0.25) is 0 Å². The summed E-state index contributed by atoms with van der Waals surface area (Å²) in [5.41, 5.74) is 0.909. The third kappa shape index (κ3) is 3.72. The first-order chi connectivity index (χ1) is 10.2. The molecule has 112 valence electrons. The molecule has 0 amide bonds. The molecular formula is C15H17F2N3O. The molecule has 6 heteroatoms. The predicted molar refractivity (Wildman–Crippen MR) is 75.1 cm³/mol. The van der Waals surface area contributed by atoms with Crippen LogP contribution in [0.3, 0.4) is 0 Å². The van der Waals surface area contributed by atoms with Crippen LogP contribution in [0.5, 0.6) is 5.88 Å². The highest BCUT2D eigenvalue weighted by Crippen LogP contribution is 2.25. The topological polar surface area (TPSA) is 47.0 Å². The van der Waals surface area contributed by atoms with Gasteiger partial charge in [0.1, 0.15) is 18.0 Å². The maximum atomic E-state index is 14.0. The van der Waals surface area contributed by atoms with Gasteiger partial charge in [-0.1, -0.05) is 13.0 Å². The van der Waals surface area contributed by atoms with Crippen molar-refractivity contribution < 1.29 is 13.5 Å². The van der Waals surface area contributed by atoms with E-state index in [-0.39, 0.29) is 0 Å². The summed E-state index contributed by atoms with van der Waals surface area (Å²) in [5, 5.41) is 3.21. The second-order valence-electron chi connectivity index (χ2n) is 4.54. The fourth-order valence-electron chi connectivity index (χ4n) is 2.02. The standard InChI is InChI=1S/C15H17F2N3O/c1-3-6-18-15(11-5-4-10(16)7-12(11)17)13-8-14(21-2)20-9-19-13/h4-5,7-9,15,18H,3,6H2,1-2H3. The number of methoxy groups -OCH3 is 1. The van der Waals surface area contributed by atoms with Crippen LogP contribution >= 0.6 is 0 Å². The Morgan fingerprint density at radius 3 is 2.71 bits per heavy atom. The van der Waals surface area contributed by atoms with Crippen LogP contribution in [0.4, 0.5) is 8.78 Å². The Morgan fingerprint density at radius 1 is 1.24 bits per heavy atom. The quantitative estimate of drug-likeness (QED) is 0.889. The number of halogens is 2. The fraction of sp³-hybridized carbons (Fsp3) is 0.333. The zero-order valence-electron chi connectivity index (χ0n) is 11.9. The Balaban J connectivity index is 2.41. The molecule has 2 aromatic rings. The third-order valence-electron chi connectivity index (χ3n) is 3.04. The first-order valence-electron chi connectivity index (χ1n) is 6.70. The van der Waals surface area contributed by atoms with Crippen LogP contribution in [0.2, 0.25) is 0 Å². The molecule has 0 aliphatic rings. The molecule has 0 spiro atoms. The average Bonchev–Trinajstić information content (AvgIpc) is 2.49. The van der Waals surface area contributed by atoms with E-state index in [4.69, 9.17) is 4.74 Å². The second-order valence-corrected chi connectivity index (χ2v) is 4.54. The second kappa shape index (κ2) is 7.08. The van der Waals surface area contributed by atoms with Gasteiger partial charge in [0.2, 0.25) is 5.88 Å². The summed E-state index contributed by atoms with van der Waals surface area (Å²) in [6.45, 7) is 2.68. The maximum absolute atomic E-state index is 14.0. The molecule has 0 radical (unpaired) electrons. The van der Waals surface area contributed by atoms with E-state index in [2.05, 4.69) is 15.3 Å². The lowest BCUT2D eigenvalue weighted by Crippen LogP contribution is -2.25. The summed E-state index contributed by atoms with van der Waals surface area (Å²) in [4.78, 5) is 8.10. The third-order valence-corrected chi connectivity index (χ3v) is 3.04. The number of hydrogen-bond donors (Lipinski definition) is 1. The van der Waals surface area contributed by atoms with Gasteiger partial charge in [-0.05, 0) is 19.0 Å². The maximum Gasteiger partial charge on any atom is 0.216 e. The Bertz CT molecular complexity index is 607. The van der Waals surface area contributed by atoms with Crippen molar-refractivity contribution in [3.05, 3.63) is 53.5 Å². The minimum absolute atomic E-state index is 0.339. The van der Waals surface area contributed by atoms with Crippen molar-refractivity contribution in [3.8, 4) is 5.88 Å². The lowest BCUT2D eigenvalue weighted by molar-refractivity contribution is 0.394. The van der Waals surface area contributed by atoms with Crippen LogP contribution in [0.25, 0.3) is 0 Å². The minimum atomic E-state index is -0.610. The number of nitrogens with zero attached hydrogens (tertiary/aromatic N) is 2. The van der Waals surface area contributed by atoms with Crippen molar-refractivity contribution in [1.82, 2.24) is 15.3 Å². The van der Waals surface area contributed by atoms with Crippen LogP contribution in [0, 0.1) is 11.6 Å². The lowest BCUT2D eigenvalue weighted by Gasteiger charge is -2.19. The normalized spacial score (nSPS) is 12.2. The molecule has 21 heavy (non-hydrogen) atoms. The van der Waals surface area contributed by atoms with E-state index in [9.17, 15) is 8.78 Å². The molecule has 1 heterocycles. The summed E-state index contributed by atoms with van der Waals surface area (Å²) in [6, 6.07) is 4.68. The van der Waals surface area contributed by atoms with Crippen LogP contribution in [-0.4, -0.2) is 23.6 Å². The predicted octanol–water partition coefficient (Wildman–Crippen LogP) is 2.85. The van der Waals surface area contributed by atoms with E-state index in [1.807, 2.05) is 6.92 Å². The van der Waals surface area contributed by atoms with Crippen LogP contribution in [-0.2, 0) is 0 Å². The van der Waals surface area contributed by atoms with Crippen LogP contribution in [0.1, 0.15) is 30.6 Å².